The Kier molecular flexibility index (Phi) is 3.62. The standard InChI is InChI=1S/C12H20N4/c1-2-16-7-5-10(9-16)8-15-12-11(13)4-3-6-14-12/h3-4,6,10H,2,5,7-9,13H2,1H3,(H,14,15). The zero-order chi connectivity index (χ0) is 11.4. The van der Waals surface area contributed by atoms with Gasteiger partial charge in [-0.1, -0.05) is 6.92 Å². The molecule has 0 spiro atoms. The molecule has 1 saturated heterocycles. The van der Waals surface area contributed by atoms with Gasteiger partial charge in [0.2, 0.25) is 0 Å². The van der Waals surface area contributed by atoms with Gasteiger partial charge in [0.05, 0.1) is 5.69 Å². The van der Waals surface area contributed by atoms with Gasteiger partial charge in [-0.25, -0.2) is 4.98 Å². The van der Waals surface area contributed by atoms with Crippen molar-refractivity contribution in [2.24, 2.45) is 5.92 Å². The Labute approximate surface area is 96.8 Å². The van der Waals surface area contributed by atoms with Crippen LogP contribution in [-0.4, -0.2) is 36.1 Å². The number of hydrogen-bond acceptors (Lipinski definition) is 4. The van der Waals surface area contributed by atoms with Crippen LogP contribution in [0.4, 0.5) is 11.5 Å². The van der Waals surface area contributed by atoms with E-state index in [2.05, 4.69) is 22.1 Å². The summed E-state index contributed by atoms with van der Waals surface area (Å²) in [6.07, 6.45) is 3.04. The molecule has 1 aliphatic rings. The number of nitrogens with two attached hydrogens (primary N) is 1. The molecule has 88 valence electrons. The quantitative estimate of drug-likeness (QED) is 0.805. The largest absolute Gasteiger partial charge is 0.396 e. The number of nitrogens with zero attached hydrogens (tertiary/aromatic N) is 2. The van der Waals surface area contributed by atoms with E-state index in [0.29, 0.717) is 0 Å². The van der Waals surface area contributed by atoms with Gasteiger partial charge in [-0.3, -0.25) is 0 Å². The molecule has 2 rings (SSSR count). The number of hydrogen-bond donors (Lipinski definition) is 2. The number of rotatable bonds is 4. The van der Waals surface area contributed by atoms with Gasteiger partial charge in [-0.05, 0) is 37.6 Å². The fourth-order valence-corrected chi connectivity index (χ4v) is 2.17. The van der Waals surface area contributed by atoms with Crippen molar-refractivity contribution in [2.75, 3.05) is 37.2 Å². The van der Waals surface area contributed by atoms with Gasteiger partial charge in [-0.15, -0.1) is 0 Å². The summed E-state index contributed by atoms with van der Waals surface area (Å²) in [6.45, 7) is 6.75. The Morgan fingerprint density at radius 3 is 3.19 bits per heavy atom. The average Bonchev–Trinajstić information content (AvgIpc) is 2.76. The van der Waals surface area contributed by atoms with E-state index >= 15 is 0 Å². The number of nitrogen functional groups attached to an aromatic ring is 1. The van der Waals surface area contributed by atoms with Gasteiger partial charge in [0.15, 0.2) is 0 Å². The highest BCUT2D eigenvalue weighted by molar-refractivity contribution is 5.60. The zero-order valence-corrected chi connectivity index (χ0v) is 9.82. The third-order valence-corrected chi connectivity index (χ3v) is 3.21. The van der Waals surface area contributed by atoms with E-state index in [1.54, 1.807) is 6.20 Å². The van der Waals surface area contributed by atoms with Crippen molar-refractivity contribution >= 4 is 11.5 Å². The van der Waals surface area contributed by atoms with E-state index in [4.69, 9.17) is 5.73 Å². The van der Waals surface area contributed by atoms with Crippen LogP contribution in [0.15, 0.2) is 18.3 Å². The van der Waals surface area contributed by atoms with Gasteiger partial charge in [0, 0.05) is 19.3 Å². The molecule has 3 N–H and O–H groups in total. The fourth-order valence-electron chi connectivity index (χ4n) is 2.17. The second kappa shape index (κ2) is 5.16. The molecule has 1 aromatic rings. The van der Waals surface area contributed by atoms with Gasteiger partial charge >= 0.3 is 0 Å². The molecule has 0 bridgehead atoms. The second-order valence-electron chi connectivity index (χ2n) is 4.37. The topological polar surface area (TPSA) is 54.2 Å². The molecular formula is C12H20N4. The van der Waals surface area contributed by atoms with Gasteiger partial charge in [0.25, 0.3) is 0 Å². The molecule has 0 saturated carbocycles. The fraction of sp³-hybridized carbons (Fsp3) is 0.583. The summed E-state index contributed by atoms with van der Waals surface area (Å²) in [5.41, 5.74) is 6.55. The van der Waals surface area contributed by atoms with Crippen molar-refractivity contribution < 1.29 is 0 Å². The van der Waals surface area contributed by atoms with Crippen molar-refractivity contribution in [1.82, 2.24) is 9.88 Å². The van der Waals surface area contributed by atoms with E-state index in [-0.39, 0.29) is 0 Å². The molecule has 4 heteroatoms. The minimum absolute atomic E-state index is 0.723. The van der Waals surface area contributed by atoms with Crippen LogP contribution in [0.5, 0.6) is 0 Å². The van der Waals surface area contributed by atoms with E-state index in [0.717, 1.165) is 30.5 Å². The molecule has 2 heterocycles. The highest BCUT2D eigenvalue weighted by Crippen LogP contribution is 2.18. The van der Waals surface area contributed by atoms with Gasteiger partial charge in [0.1, 0.15) is 5.82 Å². The average molecular weight is 220 g/mol. The Morgan fingerprint density at radius 2 is 2.50 bits per heavy atom. The van der Waals surface area contributed by atoms with Crippen molar-refractivity contribution in [3.05, 3.63) is 18.3 Å². The van der Waals surface area contributed by atoms with Crippen LogP contribution in [-0.2, 0) is 0 Å². The van der Waals surface area contributed by atoms with Crippen molar-refractivity contribution in [3.8, 4) is 0 Å². The normalized spacial score (nSPS) is 21.2. The van der Waals surface area contributed by atoms with Crippen LogP contribution in [0.25, 0.3) is 0 Å². The highest BCUT2D eigenvalue weighted by Gasteiger charge is 2.20. The minimum Gasteiger partial charge on any atom is -0.396 e. The van der Waals surface area contributed by atoms with Crippen molar-refractivity contribution in [1.29, 1.82) is 0 Å². The van der Waals surface area contributed by atoms with E-state index < -0.39 is 0 Å². The van der Waals surface area contributed by atoms with E-state index in [1.807, 2.05) is 12.1 Å². The molecule has 1 fully saturated rings. The first kappa shape index (κ1) is 11.2. The minimum atomic E-state index is 0.723. The smallest absolute Gasteiger partial charge is 0.149 e. The lowest BCUT2D eigenvalue weighted by atomic mass is 10.1. The maximum Gasteiger partial charge on any atom is 0.149 e. The monoisotopic (exact) mass is 220 g/mol. The summed E-state index contributed by atoms with van der Waals surface area (Å²) < 4.78 is 0. The van der Waals surface area contributed by atoms with Gasteiger partial charge in [-0.2, -0.15) is 0 Å². The first-order chi connectivity index (χ1) is 7.79. The molecule has 0 amide bonds. The predicted octanol–water partition coefficient (Wildman–Crippen LogP) is 1.42. The third-order valence-electron chi connectivity index (χ3n) is 3.21. The SMILES string of the molecule is CCN1CCC(CNc2ncccc2N)C1. The van der Waals surface area contributed by atoms with Crippen LogP contribution in [0.3, 0.4) is 0 Å². The summed E-state index contributed by atoms with van der Waals surface area (Å²) in [7, 11) is 0. The van der Waals surface area contributed by atoms with Crippen LogP contribution >= 0.6 is 0 Å². The predicted molar refractivity (Wildman–Crippen MR) is 67.4 cm³/mol. The number of pyridine rings is 1. The van der Waals surface area contributed by atoms with E-state index in [9.17, 15) is 0 Å². The maximum atomic E-state index is 5.82. The molecule has 0 aromatic carbocycles. The maximum absolute atomic E-state index is 5.82. The Hall–Kier alpha value is -1.29. The Morgan fingerprint density at radius 1 is 1.62 bits per heavy atom. The Balaban J connectivity index is 1.82. The molecule has 1 aliphatic heterocycles. The summed E-state index contributed by atoms with van der Waals surface area (Å²) in [5.74, 6) is 1.54. The molecule has 1 atom stereocenters. The zero-order valence-electron chi connectivity index (χ0n) is 9.82. The van der Waals surface area contributed by atoms with Crippen LogP contribution in [0, 0.1) is 5.92 Å². The second-order valence-corrected chi connectivity index (χ2v) is 4.37. The molecule has 1 aromatic heterocycles. The molecule has 0 aliphatic carbocycles. The number of likely N-dealkylation sites (tertiary alicyclic amines) is 1. The lowest BCUT2D eigenvalue weighted by Gasteiger charge is -2.14. The number of aromatic nitrogens is 1. The molecule has 4 nitrogen and oxygen atoms in total. The summed E-state index contributed by atoms with van der Waals surface area (Å²) in [4.78, 5) is 6.71. The summed E-state index contributed by atoms with van der Waals surface area (Å²) in [6, 6.07) is 3.73. The molecule has 1 unspecified atom stereocenters. The first-order valence-electron chi connectivity index (χ1n) is 5.96. The summed E-state index contributed by atoms with van der Waals surface area (Å²) >= 11 is 0. The van der Waals surface area contributed by atoms with Crippen molar-refractivity contribution in [3.63, 3.8) is 0 Å². The third kappa shape index (κ3) is 2.64. The lowest BCUT2D eigenvalue weighted by molar-refractivity contribution is 0.345. The number of anilines is 2. The molecular weight excluding hydrogens is 200 g/mol. The first-order valence-corrected chi connectivity index (χ1v) is 5.96. The summed E-state index contributed by atoms with van der Waals surface area (Å²) in [5, 5.41) is 3.34. The highest BCUT2D eigenvalue weighted by atomic mass is 15.1. The molecule has 16 heavy (non-hydrogen) atoms. The van der Waals surface area contributed by atoms with Crippen LogP contribution in [0.1, 0.15) is 13.3 Å². The Bertz CT molecular complexity index is 340. The number of nitrogens with one attached hydrogen (secondary N) is 1. The van der Waals surface area contributed by atoms with Crippen molar-refractivity contribution in [2.45, 2.75) is 13.3 Å². The van der Waals surface area contributed by atoms with Gasteiger partial charge < -0.3 is 16.0 Å². The van der Waals surface area contributed by atoms with E-state index in [1.165, 1.54) is 19.5 Å². The van der Waals surface area contributed by atoms with Crippen LogP contribution in [0.2, 0.25) is 0 Å². The molecule has 0 radical (unpaired) electrons. The van der Waals surface area contributed by atoms with Crippen LogP contribution < -0.4 is 11.1 Å². The lowest BCUT2D eigenvalue weighted by Crippen LogP contribution is -2.22.